The van der Waals surface area contributed by atoms with Crippen LogP contribution in [0.1, 0.15) is 20.0 Å². The Balaban J connectivity index is 1.64. The molecule has 6 nitrogen and oxygen atoms in total. The first kappa shape index (κ1) is 19.1. The molecule has 0 unspecified atom stereocenters. The van der Waals surface area contributed by atoms with Crippen LogP contribution in [-0.4, -0.2) is 24.0 Å². The SMILES string of the molecule is COc1ccc2c(Cl)c(C(=O)NC(=S)NNC(=O)c3ccccc3)sc2c1. The van der Waals surface area contributed by atoms with Crippen LogP contribution in [0.15, 0.2) is 48.5 Å². The highest BCUT2D eigenvalue weighted by Gasteiger charge is 2.18. The van der Waals surface area contributed by atoms with Crippen LogP contribution in [0.3, 0.4) is 0 Å². The van der Waals surface area contributed by atoms with E-state index < -0.39 is 5.91 Å². The highest BCUT2D eigenvalue weighted by molar-refractivity contribution is 7.80. The molecule has 2 amide bonds. The number of rotatable bonds is 3. The van der Waals surface area contributed by atoms with Crippen molar-refractivity contribution >= 4 is 62.2 Å². The number of carbonyl (C=O) groups is 2. The minimum atomic E-state index is -0.466. The van der Waals surface area contributed by atoms with Gasteiger partial charge in [0.1, 0.15) is 10.6 Å². The summed E-state index contributed by atoms with van der Waals surface area (Å²) in [7, 11) is 1.57. The average molecular weight is 420 g/mol. The molecule has 1 heterocycles. The van der Waals surface area contributed by atoms with Gasteiger partial charge < -0.3 is 4.74 Å². The molecule has 0 aliphatic rings. The highest BCUT2D eigenvalue weighted by atomic mass is 35.5. The molecule has 0 aliphatic carbocycles. The molecular weight excluding hydrogens is 406 g/mol. The van der Waals surface area contributed by atoms with Gasteiger partial charge in [-0.05, 0) is 42.5 Å². The summed E-state index contributed by atoms with van der Waals surface area (Å²) in [4.78, 5) is 24.7. The number of halogens is 1. The monoisotopic (exact) mass is 419 g/mol. The molecule has 3 N–H and O–H groups in total. The molecule has 138 valence electrons. The number of thiophene rings is 1. The van der Waals surface area contributed by atoms with Crippen molar-refractivity contribution in [1.82, 2.24) is 16.2 Å². The van der Waals surface area contributed by atoms with E-state index in [-0.39, 0.29) is 11.0 Å². The van der Waals surface area contributed by atoms with Crippen molar-refractivity contribution in [2.75, 3.05) is 7.11 Å². The molecule has 3 aromatic rings. The maximum Gasteiger partial charge on any atom is 0.269 e. The summed E-state index contributed by atoms with van der Waals surface area (Å²) in [5.74, 6) is -0.168. The number of fused-ring (bicyclic) bond motifs is 1. The van der Waals surface area contributed by atoms with Crippen molar-refractivity contribution in [1.29, 1.82) is 0 Å². The Morgan fingerprint density at radius 3 is 2.52 bits per heavy atom. The van der Waals surface area contributed by atoms with Gasteiger partial charge in [0.2, 0.25) is 0 Å². The van der Waals surface area contributed by atoms with Crippen molar-refractivity contribution in [3.05, 3.63) is 64.0 Å². The van der Waals surface area contributed by atoms with Crippen LogP contribution in [-0.2, 0) is 0 Å². The number of amides is 2. The molecule has 1 aromatic heterocycles. The standard InChI is InChI=1S/C18H14ClN3O3S2/c1-25-11-7-8-12-13(9-11)27-15(14(12)19)17(24)20-18(26)22-21-16(23)10-5-3-2-4-6-10/h2-9H,1H3,(H,21,23)(H2,20,22,24,26). The number of hydrazine groups is 1. The van der Waals surface area contributed by atoms with Crippen molar-refractivity contribution in [2.24, 2.45) is 0 Å². The Labute approximate surface area is 169 Å². The molecule has 0 saturated heterocycles. The Kier molecular flexibility index (Phi) is 5.90. The van der Waals surface area contributed by atoms with E-state index in [1.54, 1.807) is 55.6 Å². The lowest BCUT2D eigenvalue weighted by molar-refractivity contribution is 0.0935. The van der Waals surface area contributed by atoms with E-state index in [0.29, 0.717) is 21.2 Å². The Morgan fingerprint density at radius 2 is 1.81 bits per heavy atom. The third-order valence-corrected chi connectivity index (χ3v) is 5.46. The van der Waals surface area contributed by atoms with Gasteiger partial charge in [-0.2, -0.15) is 0 Å². The van der Waals surface area contributed by atoms with Crippen molar-refractivity contribution in [3.63, 3.8) is 0 Å². The van der Waals surface area contributed by atoms with Crippen LogP contribution in [0.5, 0.6) is 5.75 Å². The van der Waals surface area contributed by atoms with Crippen LogP contribution in [0.2, 0.25) is 5.02 Å². The van der Waals surface area contributed by atoms with Crippen LogP contribution < -0.4 is 20.9 Å². The first-order valence-corrected chi connectivity index (χ1v) is 9.32. The van der Waals surface area contributed by atoms with E-state index in [1.165, 1.54) is 11.3 Å². The van der Waals surface area contributed by atoms with Gasteiger partial charge in [-0.3, -0.25) is 25.8 Å². The highest BCUT2D eigenvalue weighted by Crippen LogP contribution is 2.37. The Hall–Kier alpha value is -2.68. The summed E-state index contributed by atoms with van der Waals surface area (Å²) in [5.41, 5.74) is 5.37. The van der Waals surface area contributed by atoms with Crippen molar-refractivity contribution < 1.29 is 14.3 Å². The molecular formula is C18H14ClN3O3S2. The topological polar surface area (TPSA) is 79.5 Å². The largest absolute Gasteiger partial charge is 0.497 e. The number of thiocarbonyl (C=S) groups is 1. The molecule has 0 fully saturated rings. The van der Waals surface area contributed by atoms with Gasteiger partial charge in [0.25, 0.3) is 11.8 Å². The van der Waals surface area contributed by atoms with E-state index in [1.807, 2.05) is 0 Å². The molecule has 27 heavy (non-hydrogen) atoms. The maximum atomic E-state index is 12.5. The fourth-order valence-electron chi connectivity index (χ4n) is 2.28. The smallest absolute Gasteiger partial charge is 0.269 e. The van der Waals surface area contributed by atoms with E-state index in [0.717, 1.165) is 10.1 Å². The number of benzene rings is 2. The molecule has 2 aromatic carbocycles. The summed E-state index contributed by atoms with van der Waals surface area (Å²) < 4.78 is 6.00. The number of hydrogen-bond donors (Lipinski definition) is 3. The fraction of sp³-hybridized carbons (Fsp3) is 0.0556. The minimum Gasteiger partial charge on any atom is -0.497 e. The Morgan fingerprint density at radius 1 is 1.07 bits per heavy atom. The van der Waals surface area contributed by atoms with E-state index >= 15 is 0 Å². The van der Waals surface area contributed by atoms with Gasteiger partial charge in [0, 0.05) is 15.6 Å². The Bertz CT molecular complexity index is 1020. The van der Waals surface area contributed by atoms with E-state index in [4.69, 9.17) is 28.6 Å². The van der Waals surface area contributed by atoms with Gasteiger partial charge in [0.05, 0.1) is 12.1 Å². The third kappa shape index (κ3) is 4.36. The van der Waals surface area contributed by atoms with Crippen LogP contribution in [0.4, 0.5) is 0 Å². The number of hydrogen-bond acceptors (Lipinski definition) is 5. The molecule has 0 saturated carbocycles. The third-order valence-electron chi connectivity index (χ3n) is 3.60. The fourth-order valence-corrected chi connectivity index (χ4v) is 3.87. The predicted octanol–water partition coefficient (Wildman–Crippen LogP) is 3.51. The summed E-state index contributed by atoms with van der Waals surface area (Å²) in [6.07, 6.45) is 0. The zero-order valence-corrected chi connectivity index (χ0v) is 16.4. The number of nitrogens with one attached hydrogen (secondary N) is 3. The first-order valence-electron chi connectivity index (χ1n) is 7.72. The summed E-state index contributed by atoms with van der Waals surface area (Å²) in [5, 5.41) is 3.54. The van der Waals surface area contributed by atoms with Crippen LogP contribution in [0, 0.1) is 0 Å². The lowest BCUT2D eigenvalue weighted by Gasteiger charge is -2.10. The summed E-state index contributed by atoms with van der Waals surface area (Å²) in [6, 6.07) is 14.0. The number of ether oxygens (including phenoxy) is 1. The molecule has 0 aliphatic heterocycles. The molecule has 0 spiro atoms. The second-order valence-corrected chi connectivity index (χ2v) is 7.17. The molecule has 0 radical (unpaired) electrons. The zero-order valence-electron chi connectivity index (χ0n) is 14.0. The van der Waals surface area contributed by atoms with E-state index in [2.05, 4.69) is 16.2 Å². The maximum absolute atomic E-state index is 12.5. The number of methoxy groups -OCH3 is 1. The normalized spacial score (nSPS) is 10.3. The van der Waals surface area contributed by atoms with Gasteiger partial charge in [0.15, 0.2) is 5.11 Å². The quantitative estimate of drug-likeness (QED) is 0.447. The summed E-state index contributed by atoms with van der Waals surface area (Å²) >= 11 is 12.6. The van der Waals surface area contributed by atoms with Gasteiger partial charge in [-0.15, -0.1) is 11.3 Å². The summed E-state index contributed by atoms with van der Waals surface area (Å²) in [6.45, 7) is 0. The predicted molar refractivity (Wildman–Crippen MR) is 110 cm³/mol. The van der Waals surface area contributed by atoms with Crippen LogP contribution >= 0.6 is 35.2 Å². The van der Waals surface area contributed by atoms with Crippen molar-refractivity contribution in [2.45, 2.75) is 0 Å². The average Bonchev–Trinajstić information content (AvgIpc) is 3.02. The first-order chi connectivity index (χ1) is 13.0. The molecule has 3 rings (SSSR count). The van der Waals surface area contributed by atoms with Crippen LogP contribution in [0.25, 0.3) is 10.1 Å². The van der Waals surface area contributed by atoms with E-state index in [9.17, 15) is 9.59 Å². The molecule has 0 bridgehead atoms. The lowest BCUT2D eigenvalue weighted by Crippen LogP contribution is -2.48. The molecule has 0 atom stereocenters. The van der Waals surface area contributed by atoms with Gasteiger partial charge in [-0.1, -0.05) is 29.8 Å². The second-order valence-electron chi connectivity index (χ2n) is 5.34. The minimum absolute atomic E-state index is 0.0459. The van der Waals surface area contributed by atoms with Gasteiger partial charge >= 0.3 is 0 Å². The second kappa shape index (κ2) is 8.34. The van der Waals surface area contributed by atoms with Gasteiger partial charge in [-0.25, -0.2) is 0 Å². The lowest BCUT2D eigenvalue weighted by atomic mass is 10.2. The molecule has 9 heteroatoms. The zero-order chi connectivity index (χ0) is 19.4. The number of carbonyl (C=O) groups excluding carboxylic acids is 2. The van der Waals surface area contributed by atoms with Crippen molar-refractivity contribution in [3.8, 4) is 5.75 Å².